The van der Waals surface area contributed by atoms with Gasteiger partial charge in [0.1, 0.15) is 12.9 Å². The SMILES string of the molecule is COc1c(N)ncnc1NCCOC(N)=O. The number of nitrogen functional groups attached to an aromatic ring is 1. The fourth-order valence-corrected chi connectivity index (χ4v) is 1.04. The second-order valence-electron chi connectivity index (χ2n) is 2.74. The van der Waals surface area contributed by atoms with Crippen molar-refractivity contribution in [3.8, 4) is 5.75 Å². The largest absolute Gasteiger partial charge is 0.490 e. The van der Waals surface area contributed by atoms with Crippen LogP contribution in [0.1, 0.15) is 0 Å². The van der Waals surface area contributed by atoms with E-state index in [1.165, 1.54) is 13.4 Å². The maximum Gasteiger partial charge on any atom is 0.404 e. The molecule has 8 nitrogen and oxygen atoms in total. The van der Waals surface area contributed by atoms with Gasteiger partial charge in [-0.15, -0.1) is 0 Å². The van der Waals surface area contributed by atoms with Gasteiger partial charge in [-0.1, -0.05) is 0 Å². The number of primary amides is 1. The van der Waals surface area contributed by atoms with Gasteiger partial charge in [0.15, 0.2) is 11.6 Å². The molecule has 0 aromatic carbocycles. The molecule has 0 bridgehead atoms. The zero-order chi connectivity index (χ0) is 12.0. The van der Waals surface area contributed by atoms with Crippen LogP contribution in [0, 0.1) is 0 Å². The monoisotopic (exact) mass is 227 g/mol. The Morgan fingerprint density at radius 2 is 2.31 bits per heavy atom. The Bertz CT molecular complexity index is 371. The van der Waals surface area contributed by atoms with Crippen LogP contribution in [0.2, 0.25) is 0 Å². The summed E-state index contributed by atoms with van der Waals surface area (Å²) in [5.41, 5.74) is 10.4. The Hall–Kier alpha value is -2.25. The first-order valence-electron chi connectivity index (χ1n) is 4.45. The third-order valence-electron chi connectivity index (χ3n) is 1.67. The zero-order valence-corrected chi connectivity index (χ0v) is 8.77. The van der Waals surface area contributed by atoms with Crippen molar-refractivity contribution in [1.82, 2.24) is 9.97 Å². The standard InChI is InChI=1S/C8H13N5O3/c1-15-5-6(9)12-4-13-7(5)11-2-3-16-8(10)14/h4H,2-3H2,1H3,(H2,10,14)(H3,9,11,12,13). The van der Waals surface area contributed by atoms with E-state index >= 15 is 0 Å². The molecule has 1 rings (SSSR count). The van der Waals surface area contributed by atoms with E-state index in [0.717, 1.165) is 0 Å². The van der Waals surface area contributed by atoms with Crippen LogP contribution in [-0.2, 0) is 4.74 Å². The molecule has 0 atom stereocenters. The highest BCUT2D eigenvalue weighted by Crippen LogP contribution is 2.25. The van der Waals surface area contributed by atoms with E-state index in [4.69, 9.17) is 16.2 Å². The molecule has 1 heterocycles. The lowest BCUT2D eigenvalue weighted by atomic mass is 10.4. The molecule has 5 N–H and O–H groups in total. The van der Waals surface area contributed by atoms with Crippen LogP contribution in [0.3, 0.4) is 0 Å². The summed E-state index contributed by atoms with van der Waals surface area (Å²) in [6.07, 6.45) is 0.478. The fraction of sp³-hybridized carbons (Fsp3) is 0.375. The van der Waals surface area contributed by atoms with Crippen LogP contribution < -0.4 is 21.5 Å². The van der Waals surface area contributed by atoms with Crippen molar-refractivity contribution in [2.45, 2.75) is 0 Å². The average Bonchev–Trinajstić information content (AvgIpc) is 2.24. The van der Waals surface area contributed by atoms with Crippen LogP contribution >= 0.6 is 0 Å². The van der Waals surface area contributed by atoms with Crippen molar-refractivity contribution in [1.29, 1.82) is 0 Å². The van der Waals surface area contributed by atoms with E-state index in [9.17, 15) is 4.79 Å². The van der Waals surface area contributed by atoms with Gasteiger partial charge in [-0.2, -0.15) is 0 Å². The van der Waals surface area contributed by atoms with Gasteiger partial charge in [0.05, 0.1) is 13.7 Å². The molecule has 1 amide bonds. The van der Waals surface area contributed by atoms with Crippen molar-refractivity contribution in [2.24, 2.45) is 5.73 Å². The number of nitrogens with one attached hydrogen (secondary N) is 1. The Kier molecular flexibility index (Phi) is 4.13. The molecule has 8 heteroatoms. The molecule has 88 valence electrons. The molecule has 0 fully saturated rings. The average molecular weight is 227 g/mol. The van der Waals surface area contributed by atoms with Gasteiger partial charge < -0.3 is 26.3 Å². The second-order valence-corrected chi connectivity index (χ2v) is 2.74. The minimum Gasteiger partial charge on any atom is -0.490 e. The summed E-state index contributed by atoms with van der Waals surface area (Å²) in [5, 5.41) is 2.87. The number of amides is 1. The summed E-state index contributed by atoms with van der Waals surface area (Å²) < 4.78 is 9.54. The van der Waals surface area contributed by atoms with E-state index in [2.05, 4.69) is 20.0 Å². The van der Waals surface area contributed by atoms with Crippen molar-refractivity contribution in [2.75, 3.05) is 31.3 Å². The smallest absolute Gasteiger partial charge is 0.404 e. The number of methoxy groups -OCH3 is 1. The minimum absolute atomic E-state index is 0.127. The Labute approximate surface area is 91.9 Å². The van der Waals surface area contributed by atoms with Gasteiger partial charge in [0.2, 0.25) is 5.75 Å². The summed E-state index contributed by atoms with van der Waals surface area (Å²) >= 11 is 0. The molecule has 0 unspecified atom stereocenters. The third-order valence-corrected chi connectivity index (χ3v) is 1.67. The zero-order valence-electron chi connectivity index (χ0n) is 8.77. The van der Waals surface area contributed by atoms with Crippen LogP contribution in [-0.4, -0.2) is 36.3 Å². The number of hydrogen-bond donors (Lipinski definition) is 3. The highest BCUT2D eigenvalue weighted by atomic mass is 16.5. The minimum atomic E-state index is -0.823. The van der Waals surface area contributed by atoms with Crippen LogP contribution in [0.25, 0.3) is 0 Å². The number of carbonyl (C=O) groups excluding carboxylic acids is 1. The summed E-state index contributed by atoms with van der Waals surface area (Å²) in [4.78, 5) is 18.0. The molecule has 16 heavy (non-hydrogen) atoms. The third kappa shape index (κ3) is 3.15. The molecule has 0 radical (unpaired) electrons. The van der Waals surface area contributed by atoms with Gasteiger partial charge >= 0.3 is 6.09 Å². The lowest BCUT2D eigenvalue weighted by molar-refractivity contribution is 0.161. The van der Waals surface area contributed by atoms with Crippen molar-refractivity contribution in [3.05, 3.63) is 6.33 Å². The number of rotatable bonds is 5. The lowest BCUT2D eigenvalue weighted by Crippen LogP contribution is -2.19. The molecule has 0 saturated carbocycles. The maximum atomic E-state index is 10.3. The number of hydrogen-bond acceptors (Lipinski definition) is 7. The molecule has 0 spiro atoms. The number of carbonyl (C=O) groups is 1. The highest BCUT2D eigenvalue weighted by molar-refractivity contribution is 5.64. The van der Waals surface area contributed by atoms with Crippen molar-refractivity contribution < 1.29 is 14.3 Å². The molecular formula is C8H13N5O3. The van der Waals surface area contributed by atoms with E-state index in [1.807, 2.05) is 0 Å². The van der Waals surface area contributed by atoms with Gasteiger partial charge in [-0.3, -0.25) is 0 Å². The maximum absolute atomic E-state index is 10.3. The quantitative estimate of drug-likeness (QED) is 0.583. The molecule has 0 saturated heterocycles. The number of nitrogens with zero attached hydrogens (tertiary/aromatic N) is 2. The predicted molar refractivity (Wildman–Crippen MR) is 57.0 cm³/mol. The first-order chi connectivity index (χ1) is 7.65. The van der Waals surface area contributed by atoms with Gasteiger partial charge in [0, 0.05) is 0 Å². The van der Waals surface area contributed by atoms with Crippen LogP contribution in [0.4, 0.5) is 16.4 Å². The second kappa shape index (κ2) is 5.59. The Morgan fingerprint density at radius 1 is 1.56 bits per heavy atom. The molecule has 1 aromatic heterocycles. The molecular weight excluding hydrogens is 214 g/mol. The lowest BCUT2D eigenvalue weighted by Gasteiger charge is -2.10. The Balaban J connectivity index is 2.53. The number of anilines is 2. The molecule has 0 aliphatic carbocycles. The van der Waals surface area contributed by atoms with Gasteiger partial charge in [-0.25, -0.2) is 14.8 Å². The van der Waals surface area contributed by atoms with Crippen molar-refractivity contribution in [3.63, 3.8) is 0 Å². The topological polar surface area (TPSA) is 125 Å². The summed E-state index contributed by atoms with van der Waals surface area (Å²) in [7, 11) is 1.46. The fourth-order valence-electron chi connectivity index (χ4n) is 1.04. The first kappa shape index (κ1) is 11.8. The highest BCUT2D eigenvalue weighted by Gasteiger charge is 2.08. The molecule has 0 aliphatic heterocycles. The van der Waals surface area contributed by atoms with E-state index < -0.39 is 6.09 Å². The normalized spacial score (nSPS) is 9.56. The van der Waals surface area contributed by atoms with Crippen LogP contribution in [0.5, 0.6) is 5.75 Å². The predicted octanol–water partition coefficient (Wildman–Crippen LogP) is -0.425. The van der Waals surface area contributed by atoms with E-state index in [-0.39, 0.29) is 12.4 Å². The number of aromatic nitrogens is 2. The summed E-state index contributed by atoms with van der Waals surface area (Å²) in [6, 6.07) is 0. The first-order valence-corrected chi connectivity index (χ1v) is 4.45. The van der Waals surface area contributed by atoms with Gasteiger partial charge in [-0.05, 0) is 0 Å². The number of nitrogens with two attached hydrogens (primary N) is 2. The molecule has 1 aromatic rings. The van der Waals surface area contributed by atoms with Crippen LogP contribution in [0.15, 0.2) is 6.33 Å². The number of ether oxygens (including phenoxy) is 2. The van der Waals surface area contributed by atoms with E-state index in [0.29, 0.717) is 18.1 Å². The van der Waals surface area contributed by atoms with Crippen molar-refractivity contribution >= 4 is 17.7 Å². The Morgan fingerprint density at radius 3 is 2.94 bits per heavy atom. The molecule has 0 aliphatic rings. The van der Waals surface area contributed by atoms with Gasteiger partial charge in [0.25, 0.3) is 0 Å². The summed E-state index contributed by atoms with van der Waals surface area (Å²) in [5.74, 6) is 1.01. The summed E-state index contributed by atoms with van der Waals surface area (Å²) in [6.45, 7) is 0.470. The van der Waals surface area contributed by atoms with E-state index in [1.54, 1.807) is 0 Å².